The van der Waals surface area contributed by atoms with Crippen molar-refractivity contribution in [1.82, 2.24) is 15.0 Å². The van der Waals surface area contributed by atoms with Gasteiger partial charge in [0.2, 0.25) is 0 Å². The number of nitrogens with one attached hydrogen (secondary N) is 2. The zero-order valence-electron chi connectivity index (χ0n) is 13.5. The van der Waals surface area contributed by atoms with E-state index in [4.69, 9.17) is 0 Å². The van der Waals surface area contributed by atoms with Crippen LogP contribution in [0, 0.1) is 20.8 Å². The molecule has 3 aromatic rings. The first kappa shape index (κ1) is 16.1. The van der Waals surface area contributed by atoms with Gasteiger partial charge in [0.05, 0.1) is 12.0 Å². The molecule has 0 unspecified atom stereocenters. The van der Waals surface area contributed by atoms with E-state index in [2.05, 4.69) is 38.5 Å². The van der Waals surface area contributed by atoms with Gasteiger partial charge < -0.3 is 4.98 Å². The number of aryl methyl sites for hydroxylation is 3. The van der Waals surface area contributed by atoms with E-state index in [0.717, 1.165) is 27.3 Å². The minimum atomic E-state index is -0.523. The molecular formula is C17H16N4O2S. The molecule has 2 N–H and O–H groups in total. The van der Waals surface area contributed by atoms with Crippen LogP contribution in [0.1, 0.15) is 26.4 Å². The zero-order valence-corrected chi connectivity index (χ0v) is 14.3. The summed E-state index contributed by atoms with van der Waals surface area (Å²) in [4.78, 5) is 35.5. The molecule has 0 atom stereocenters. The molecule has 6 nitrogen and oxygen atoms in total. The van der Waals surface area contributed by atoms with Gasteiger partial charge >= 0.3 is 0 Å². The Morgan fingerprint density at radius 2 is 2.04 bits per heavy atom. The maximum atomic E-state index is 12.2. The first-order valence-corrected chi connectivity index (χ1v) is 8.16. The molecule has 1 aromatic carbocycles. The lowest BCUT2D eigenvalue weighted by atomic mass is 10.0. The van der Waals surface area contributed by atoms with Crippen LogP contribution in [-0.2, 0) is 0 Å². The van der Waals surface area contributed by atoms with Gasteiger partial charge in [0, 0.05) is 16.6 Å². The molecule has 0 saturated carbocycles. The second-order valence-corrected chi connectivity index (χ2v) is 6.69. The third kappa shape index (κ3) is 3.11. The number of aromatic amines is 1. The minimum absolute atomic E-state index is 0.0429. The second-order valence-electron chi connectivity index (χ2n) is 5.49. The van der Waals surface area contributed by atoms with Crippen LogP contribution in [0.5, 0.6) is 0 Å². The van der Waals surface area contributed by atoms with Crippen LogP contribution in [-0.4, -0.2) is 20.9 Å². The number of anilines is 1. The van der Waals surface area contributed by atoms with Crippen molar-refractivity contribution >= 4 is 22.4 Å². The first-order chi connectivity index (χ1) is 11.5. The maximum Gasteiger partial charge on any atom is 0.264 e. The number of amides is 1. The van der Waals surface area contributed by atoms with E-state index in [1.807, 2.05) is 20.8 Å². The molecule has 0 aliphatic heterocycles. The van der Waals surface area contributed by atoms with Gasteiger partial charge in [0.1, 0.15) is 5.56 Å². The van der Waals surface area contributed by atoms with Crippen molar-refractivity contribution in [1.29, 1.82) is 0 Å². The van der Waals surface area contributed by atoms with E-state index >= 15 is 0 Å². The highest BCUT2D eigenvalue weighted by Crippen LogP contribution is 2.32. The normalized spacial score (nSPS) is 10.6. The Labute approximate surface area is 142 Å². The number of hydrogen-bond donors (Lipinski definition) is 2. The largest absolute Gasteiger partial charge is 0.312 e. The molecule has 7 heteroatoms. The second kappa shape index (κ2) is 6.37. The number of carbonyl (C=O) groups is 1. The number of thiazole rings is 1. The maximum absolute atomic E-state index is 12.2. The standard InChI is InChI=1S/C17H16N4O2S/c1-9-4-5-10(2)12(6-9)14-11(3)24-17(20-14)21-16(23)13-7-18-8-19-15(13)22/h4-8H,1-3H3,(H,18,19,22)(H,20,21,23). The topological polar surface area (TPSA) is 87.7 Å². The monoisotopic (exact) mass is 340 g/mol. The van der Waals surface area contributed by atoms with E-state index in [1.54, 1.807) is 0 Å². The summed E-state index contributed by atoms with van der Waals surface area (Å²) in [7, 11) is 0. The highest BCUT2D eigenvalue weighted by Gasteiger charge is 2.16. The molecule has 0 bridgehead atoms. The summed E-state index contributed by atoms with van der Waals surface area (Å²) in [5, 5.41) is 3.13. The van der Waals surface area contributed by atoms with Crippen LogP contribution < -0.4 is 10.9 Å². The van der Waals surface area contributed by atoms with Gasteiger partial charge in [-0.1, -0.05) is 17.7 Å². The van der Waals surface area contributed by atoms with Gasteiger partial charge in [-0.25, -0.2) is 9.97 Å². The van der Waals surface area contributed by atoms with Crippen LogP contribution in [0.3, 0.4) is 0 Å². The smallest absolute Gasteiger partial charge is 0.264 e. The molecule has 0 fully saturated rings. The molecule has 0 aliphatic rings. The predicted octanol–water partition coefficient (Wildman–Crippen LogP) is 3.07. The number of H-pyrrole nitrogens is 1. The summed E-state index contributed by atoms with van der Waals surface area (Å²) >= 11 is 1.38. The molecular weight excluding hydrogens is 324 g/mol. The van der Waals surface area contributed by atoms with Gasteiger partial charge in [-0.3, -0.25) is 14.9 Å². The molecule has 3 rings (SSSR count). The molecule has 2 heterocycles. The van der Waals surface area contributed by atoms with Crippen molar-refractivity contribution < 1.29 is 4.79 Å². The van der Waals surface area contributed by atoms with Crippen LogP contribution >= 0.6 is 11.3 Å². The average Bonchev–Trinajstić information content (AvgIpc) is 2.90. The van der Waals surface area contributed by atoms with Gasteiger partial charge in [-0.05, 0) is 32.4 Å². The Hall–Kier alpha value is -2.80. The van der Waals surface area contributed by atoms with Gasteiger partial charge in [-0.15, -0.1) is 11.3 Å². The van der Waals surface area contributed by atoms with Crippen molar-refractivity contribution in [2.24, 2.45) is 0 Å². The number of aromatic nitrogens is 3. The highest BCUT2D eigenvalue weighted by molar-refractivity contribution is 7.16. The molecule has 0 spiro atoms. The molecule has 0 aliphatic carbocycles. The Morgan fingerprint density at radius 1 is 1.25 bits per heavy atom. The number of benzene rings is 1. The highest BCUT2D eigenvalue weighted by atomic mass is 32.1. The number of nitrogens with zero attached hydrogens (tertiary/aromatic N) is 2. The third-order valence-electron chi connectivity index (χ3n) is 3.63. The van der Waals surface area contributed by atoms with E-state index in [1.165, 1.54) is 23.9 Å². The Kier molecular flexibility index (Phi) is 4.26. The summed E-state index contributed by atoms with van der Waals surface area (Å²) in [6.45, 7) is 6.02. The Balaban J connectivity index is 1.92. The number of carbonyl (C=O) groups excluding carboxylic acids is 1. The van der Waals surface area contributed by atoms with E-state index in [-0.39, 0.29) is 5.56 Å². The van der Waals surface area contributed by atoms with E-state index in [9.17, 15) is 9.59 Å². The SMILES string of the molecule is Cc1ccc(C)c(-c2nc(NC(=O)c3cnc[nH]c3=O)sc2C)c1. The van der Waals surface area contributed by atoms with Crippen molar-refractivity contribution in [2.75, 3.05) is 5.32 Å². The first-order valence-electron chi connectivity index (χ1n) is 7.35. The molecule has 0 saturated heterocycles. The molecule has 1 amide bonds. The van der Waals surface area contributed by atoms with E-state index < -0.39 is 11.5 Å². The zero-order chi connectivity index (χ0) is 17.3. The summed E-state index contributed by atoms with van der Waals surface area (Å²) < 4.78 is 0. The van der Waals surface area contributed by atoms with Crippen LogP contribution in [0.15, 0.2) is 35.5 Å². The number of rotatable bonds is 3. The number of hydrogen-bond acceptors (Lipinski definition) is 5. The summed E-state index contributed by atoms with van der Waals surface area (Å²) in [6, 6.07) is 6.18. The van der Waals surface area contributed by atoms with Gasteiger partial charge in [0.25, 0.3) is 11.5 Å². The van der Waals surface area contributed by atoms with Gasteiger partial charge in [-0.2, -0.15) is 0 Å². The molecule has 24 heavy (non-hydrogen) atoms. The quantitative estimate of drug-likeness (QED) is 0.767. The van der Waals surface area contributed by atoms with Crippen LogP contribution in [0.2, 0.25) is 0 Å². The van der Waals surface area contributed by atoms with Crippen LogP contribution in [0.4, 0.5) is 5.13 Å². The van der Waals surface area contributed by atoms with Crippen molar-refractivity contribution in [3.8, 4) is 11.3 Å². The van der Waals surface area contributed by atoms with Gasteiger partial charge in [0.15, 0.2) is 5.13 Å². The van der Waals surface area contributed by atoms with Crippen molar-refractivity contribution in [3.05, 3.63) is 62.6 Å². The van der Waals surface area contributed by atoms with Crippen molar-refractivity contribution in [3.63, 3.8) is 0 Å². The summed E-state index contributed by atoms with van der Waals surface area (Å²) in [5.74, 6) is -0.523. The lowest BCUT2D eigenvalue weighted by Gasteiger charge is -2.05. The molecule has 122 valence electrons. The fourth-order valence-corrected chi connectivity index (χ4v) is 3.18. The minimum Gasteiger partial charge on any atom is -0.312 e. The lowest BCUT2D eigenvalue weighted by Crippen LogP contribution is -2.23. The Morgan fingerprint density at radius 3 is 2.79 bits per heavy atom. The van der Waals surface area contributed by atoms with Crippen LogP contribution in [0.25, 0.3) is 11.3 Å². The summed E-state index contributed by atoms with van der Waals surface area (Å²) in [5.41, 5.74) is 3.63. The fourth-order valence-electron chi connectivity index (χ4n) is 2.36. The lowest BCUT2D eigenvalue weighted by molar-refractivity contribution is 0.102. The molecule has 2 aromatic heterocycles. The van der Waals surface area contributed by atoms with Crippen molar-refractivity contribution in [2.45, 2.75) is 20.8 Å². The average molecular weight is 340 g/mol. The third-order valence-corrected chi connectivity index (χ3v) is 4.51. The summed E-state index contributed by atoms with van der Waals surface area (Å²) in [6.07, 6.45) is 2.48. The van der Waals surface area contributed by atoms with E-state index in [0.29, 0.717) is 5.13 Å². The Bertz CT molecular complexity index is 975. The fraction of sp³-hybridized carbons (Fsp3) is 0.176. The molecule has 0 radical (unpaired) electrons. The predicted molar refractivity (Wildman–Crippen MR) is 94.6 cm³/mol.